The van der Waals surface area contributed by atoms with Gasteiger partial charge in [0.15, 0.2) is 23.0 Å². The van der Waals surface area contributed by atoms with Gasteiger partial charge in [0.1, 0.15) is 0 Å². The number of hydrogen-bond donors (Lipinski definition) is 0. The van der Waals surface area contributed by atoms with Crippen molar-refractivity contribution in [2.24, 2.45) is 0 Å². The molecule has 0 saturated carbocycles. The van der Waals surface area contributed by atoms with Gasteiger partial charge in [0.25, 0.3) is 0 Å². The summed E-state index contributed by atoms with van der Waals surface area (Å²) in [6, 6.07) is 8.25. The van der Waals surface area contributed by atoms with E-state index in [1.165, 1.54) is 0 Å². The van der Waals surface area contributed by atoms with Crippen LogP contribution in [0.2, 0.25) is 0 Å². The number of rotatable bonds is 4. The van der Waals surface area contributed by atoms with Crippen LogP contribution in [-0.2, 0) is 6.54 Å². The third kappa shape index (κ3) is 2.38. The molecule has 0 unspecified atom stereocenters. The summed E-state index contributed by atoms with van der Waals surface area (Å²) in [6.45, 7) is 0.865. The molecule has 156 valence electrons. The highest BCUT2D eigenvalue weighted by Gasteiger charge is 2.34. The summed E-state index contributed by atoms with van der Waals surface area (Å²) in [5, 5.41) is 2.17. The molecule has 0 bridgehead atoms. The molecule has 2 aliphatic heterocycles. The van der Waals surface area contributed by atoms with Crippen LogP contribution in [0.15, 0.2) is 24.3 Å². The SMILES string of the molecule is COc1c2c(c(OC)c(OC)c1OC)-c1ccc3cc4c(cc3c1N(C)C2)OCO4. The van der Waals surface area contributed by atoms with Gasteiger partial charge in [-0.05, 0) is 17.5 Å². The summed E-state index contributed by atoms with van der Waals surface area (Å²) in [7, 11) is 8.54. The number of methoxy groups -OCH3 is 4. The Hall–Kier alpha value is -3.48. The fourth-order valence-corrected chi connectivity index (χ4v) is 4.55. The highest BCUT2D eigenvalue weighted by molar-refractivity contribution is 6.06. The number of benzene rings is 3. The van der Waals surface area contributed by atoms with Crippen LogP contribution in [0.3, 0.4) is 0 Å². The first-order valence-electron chi connectivity index (χ1n) is 9.59. The van der Waals surface area contributed by atoms with Crippen LogP contribution < -0.4 is 33.3 Å². The van der Waals surface area contributed by atoms with E-state index >= 15 is 0 Å². The minimum absolute atomic E-state index is 0.245. The summed E-state index contributed by atoms with van der Waals surface area (Å²) in [6.07, 6.45) is 0. The monoisotopic (exact) mass is 409 g/mol. The van der Waals surface area contributed by atoms with Gasteiger partial charge in [0.05, 0.1) is 34.1 Å². The molecule has 2 aliphatic rings. The molecule has 3 aromatic rings. The van der Waals surface area contributed by atoms with Crippen LogP contribution in [0.5, 0.6) is 34.5 Å². The minimum Gasteiger partial charge on any atom is -0.492 e. The normalized spacial score (nSPS) is 13.7. The fraction of sp³-hybridized carbons (Fsp3) is 0.304. The van der Waals surface area contributed by atoms with Crippen LogP contribution >= 0.6 is 0 Å². The summed E-state index contributed by atoms with van der Waals surface area (Å²) in [4.78, 5) is 2.20. The maximum atomic E-state index is 5.83. The third-order valence-corrected chi connectivity index (χ3v) is 5.77. The molecule has 7 heteroatoms. The molecule has 2 heterocycles. The zero-order chi connectivity index (χ0) is 21.0. The molecule has 0 spiro atoms. The van der Waals surface area contributed by atoms with Crippen LogP contribution in [0.4, 0.5) is 5.69 Å². The van der Waals surface area contributed by atoms with Crippen LogP contribution in [-0.4, -0.2) is 42.3 Å². The molecule has 0 fully saturated rings. The van der Waals surface area contributed by atoms with Crippen LogP contribution in [0.25, 0.3) is 21.9 Å². The topological polar surface area (TPSA) is 58.6 Å². The van der Waals surface area contributed by atoms with Crippen molar-refractivity contribution in [3.63, 3.8) is 0 Å². The van der Waals surface area contributed by atoms with Crippen molar-refractivity contribution in [2.45, 2.75) is 6.54 Å². The molecule has 0 atom stereocenters. The first-order valence-corrected chi connectivity index (χ1v) is 9.59. The number of fused-ring (bicyclic) bond motifs is 6. The largest absolute Gasteiger partial charge is 0.492 e. The van der Waals surface area contributed by atoms with Gasteiger partial charge in [0.2, 0.25) is 18.3 Å². The van der Waals surface area contributed by atoms with E-state index in [1.807, 2.05) is 12.1 Å². The zero-order valence-electron chi connectivity index (χ0n) is 17.6. The third-order valence-electron chi connectivity index (χ3n) is 5.77. The van der Waals surface area contributed by atoms with Gasteiger partial charge in [-0.15, -0.1) is 0 Å². The Kier molecular flexibility index (Phi) is 4.20. The Morgan fingerprint density at radius 1 is 0.800 bits per heavy atom. The highest BCUT2D eigenvalue weighted by Crippen LogP contribution is 2.58. The molecule has 30 heavy (non-hydrogen) atoms. The van der Waals surface area contributed by atoms with Gasteiger partial charge in [0, 0.05) is 35.7 Å². The van der Waals surface area contributed by atoms with Gasteiger partial charge >= 0.3 is 0 Å². The zero-order valence-corrected chi connectivity index (χ0v) is 17.6. The van der Waals surface area contributed by atoms with E-state index in [0.29, 0.717) is 29.5 Å². The molecule has 3 aromatic carbocycles. The van der Waals surface area contributed by atoms with Gasteiger partial charge in [-0.3, -0.25) is 0 Å². The van der Waals surface area contributed by atoms with Crippen LogP contribution in [0, 0.1) is 0 Å². The Bertz CT molecular complexity index is 1170. The van der Waals surface area contributed by atoms with E-state index in [-0.39, 0.29) is 6.79 Å². The molecule has 5 rings (SSSR count). The molecule has 0 aromatic heterocycles. The van der Waals surface area contributed by atoms with Crippen molar-refractivity contribution in [3.05, 3.63) is 29.8 Å². The number of ether oxygens (including phenoxy) is 6. The Morgan fingerprint density at radius 3 is 2.10 bits per heavy atom. The molecule has 0 N–H and O–H groups in total. The second-order valence-electron chi connectivity index (χ2n) is 7.23. The number of anilines is 1. The van der Waals surface area contributed by atoms with E-state index in [0.717, 1.165) is 44.6 Å². The number of hydrogen-bond acceptors (Lipinski definition) is 7. The van der Waals surface area contributed by atoms with Crippen molar-refractivity contribution in [3.8, 4) is 45.6 Å². The predicted molar refractivity (Wildman–Crippen MR) is 114 cm³/mol. The van der Waals surface area contributed by atoms with Crippen molar-refractivity contribution in [1.29, 1.82) is 0 Å². The van der Waals surface area contributed by atoms with Crippen molar-refractivity contribution in [1.82, 2.24) is 0 Å². The molecule has 7 nitrogen and oxygen atoms in total. The van der Waals surface area contributed by atoms with Crippen molar-refractivity contribution < 1.29 is 28.4 Å². The molecule has 0 aliphatic carbocycles. The van der Waals surface area contributed by atoms with Gasteiger partial charge in [-0.1, -0.05) is 12.1 Å². The van der Waals surface area contributed by atoms with E-state index in [2.05, 4.69) is 24.1 Å². The standard InChI is InChI=1S/C23H23NO6/c1-24-10-15-18(21(26-3)23(28-5)22(27-4)20(15)25-2)13-7-6-12-8-16-17(30-11-29-16)9-14(12)19(13)24/h6-9H,10-11H2,1-5H3. The van der Waals surface area contributed by atoms with Crippen molar-refractivity contribution >= 4 is 16.5 Å². The molecular weight excluding hydrogens is 386 g/mol. The predicted octanol–water partition coefficient (Wildman–Crippen LogP) is 4.22. The summed E-state index contributed by atoms with van der Waals surface area (Å²) in [5.74, 6) is 3.83. The maximum absolute atomic E-state index is 5.83. The molecule has 0 radical (unpaired) electrons. The summed E-state index contributed by atoms with van der Waals surface area (Å²) >= 11 is 0. The maximum Gasteiger partial charge on any atom is 0.231 e. The second-order valence-corrected chi connectivity index (χ2v) is 7.23. The highest BCUT2D eigenvalue weighted by atomic mass is 16.7. The van der Waals surface area contributed by atoms with E-state index in [4.69, 9.17) is 28.4 Å². The smallest absolute Gasteiger partial charge is 0.231 e. The average Bonchev–Trinajstić information content (AvgIpc) is 3.22. The quantitative estimate of drug-likeness (QED) is 0.639. The van der Waals surface area contributed by atoms with E-state index in [1.54, 1.807) is 28.4 Å². The molecular formula is C23H23NO6. The van der Waals surface area contributed by atoms with Gasteiger partial charge in [-0.25, -0.2) is 0 Å². The van der Waals surface area contributed by atoms with Crippen LogP contribution in [0.1, 0.15) is 5.56 Å². The van der Waals surface area contributed by atoms with Gasteiger partial charge < -0.3 is 33.3 Å². The summed E-state index contributed by atoms with van der Waals surface area (Å²) < 4.78 is 34.1. The Labute approximate surface area is 174 Å². The minimum atomic E-state index is 0.245. The Morgan fingerprint density at radius 2 is 1.43 bits per heavy atom. The lowest BCUT2D eigenvalue weighted by molar-refractivity contribution is 0.174. The first kappa shape index (κ1) is 18.5. The first-order chi connectivity index (χ1) is 14.6. The number of nitrogens with zero attached hydrogens (tertiary/aromatic N) is 1. The summed E-state index contributed by atoms with van der Waals surface area (Å²) in [5.41, 5.74) is 4.05. The Balaban J connectivity index is 1.88. The van der Waals surface area contributed by atoms with Crippen molar-refractivity contribution in [2.75, 3.05) is 47.2 Å². The second kappa shape index (κ2) is 6.79. The average molecular weight is 409 g/mol. The van der Waals surface area contributed by atoms with Gasteiger partial charge in [-0.2, -0.15) is 0 Å². The van der Waals surface area contributed by atoms with E-state index in [9.17, 15) is 0 Å². The molecule has 0 amide bonds. The fourth-order valence-electron chi connectivity index (χ4n) is 4.55. The lowest BCUT2D eigenvalue weighted by atomic mass is 9.88. The lowest BCUT2D eigenvalue weighted by Gasteiger charge is -2.34. The lowest BCUT2D eigenvalue weighted by Crippen LogP contribution is -2.23. The molecule has 0 saturated heterocycles. The van der Waals surface area contributed by atoms with E-state index < -0.39 is 0 Å².